The summed E-state index contributed by atoms with van der Waals surface area (Å²) >= 11 is 5.56. The molecule has 0 atom stereocenters. The quantitative estimate of drug-likeness (QED) is 0.597. The molecule has 7 nitrogen and oxygen atoms in total. The third-order valence-corrected chi connectivity index (χ3v) is 5.39. The first kappa shape index (κ1) is 18.8. The first-order chi connectivity index (χ1) is 13.7. The molecule has 0 saturated carbocycles. The number of piperazine rings is 1. The van der Waals surface area contributed by atoms with Gasteiger partial charge in [0.2, 0.25) is 4.77 Å². The standard InChI is InChI=1S/C20H24N6OS/c1-27-19-9-7-17(8-10-19)15-23-11-13-24(14-12-23)16-25-20(28)26(22-21-25)18-5-3-2-4-6-18/h2-10H,11-16H2,1H3. The number of methoxy groups -OCH3 is 1. The van der Waals surface area contributed by atoms with Gasteiger partial charge < -0.3 is 4.74 Å². The second-order valence-electron chi connectivity index (χ2n) is 6.89. The van der Waals surface area contributed by atoms with E-state index in [9.17, 15) is 0 Å². The van der Waals surface area contributed by atoms with Crippen LogP contribution in [0.25, 0.3) is 5.69 Å². The maximum Gasteiger partial charge on any atom is 0.221 e. The van der Waals surface area contributed by atoms with E-state index in [0.29, 0.717) is 11.4 Å². The summed E-state index contributed by atoms with van der Waals surface area (Å²) in [7, 11) is 1.69. The van der Waals surface area contributed by atoms with Crippen LogP contribution in [0.4, 0.5) is 0 Å². The van der Waals surface area contributed by atoms with Gasteiger partial charge >= 0.3 is 0 Å². The highest BCUT2D eigenvalue weighted by Gasteiger charge is 2.18. The van der Waals surface area contributed by atoms with Crippen LogP contribution in [-0.4, -0.2) is 62.9 Å². The number of tetrazole rings is 1. The molecule has 2 aromatic carbocycles. The van der Waals surface area contributed by atoms with Crippen molar-refractivity contribution in [1.29, 1.82) is 0 Å². The van der Waals surface area contributed by atoms with Gasteiger partial charge in [0, 0.05) is 32.7 Å². The Labute approximate surface area is 169 Å². The minimum atomic E-state index is 0.617. The second kappa shape index (κ2) is 8.64. The van der Waals surface area contributed by atoms with Crippen molar-refractivity contribution in [2.45, 2.75) is 13.2 Å². The summed E-state index contributed by atoms with van der Waals surface area (Å²) in [5.74, 6) is 0.897. The zero-order valence-corrected chi connectivity index (χ0v) is 16.8. The van der Waals surface area contributed by atoms with E-state index in [4.69, 9.17) is 17.0 Å². The Morgan fingerprint density at radius 2 is 1.57 bits per heavy atom. The van der Waals surface area contributed by atoms with Crippen molar-refractivity contribution in [3.05, 3.63) is 64.9 Å². The number of aromatic nitrogens is 4. The molecule has 0 bridgehead atoms. The van der Waals surface area contributed by atoms with Gasteiger partial charge in [-0.1, -0.05) is 30.3 Å². The third kappa shape index (κ3) is 4.30. The van der Waals surface area contributed by atoms with Crippen LogP contribution in [0.1, 0.15) is 5.56 Å². The molecule has 1 fully saturated rings. The van der Waals surface area contributed by atoms with E-state index in [1.54, 1.807) is 16.5 Å². The van der Waals surface area contributed by atoms with Gasteiger partial charge in [0.05, 0.1) is 19.5 Å². The average Bonchev–Trinajstić information content (AvgIpc) is 3.11. The number of ether oxygens (including phenoxy) is 1. The molecule has 1 aliphatic heterocycles. The lowest BCUT2D eigenvalue weighted by Crippen LogP contribution is -2.46. The summed E-state index contributed by atoms with van der Waals surface area (Å²) in [5, 5.41) is 8.46. The van der Waals surface area contributed by atoms with Crippen molar-refractivity contribution < 1.29 is 4.74 Å². The van der Waals surface area contributed by atoms with Gasteiger partial charge in [-0.2, -0.15) is 4.68 Å². The molecule has 0 aliphatic carbocycles. The van der Waals surface area contributed by atoms with E-state index < -0.39 is 0 Å². The number of benzene rings is 2. The van der Waals surface area contributed by atoms with Gasteiger partial charge in [-0.05, 0) is 52.5 Å². The Kier molecular flexibility index (Phi) is 5.80. The molecule has 1 aliphatic rings. The van der Waals surface area contributed by atoms with Crippen LogP contribution in [-0.2, 0) is 13.2 Å². The number of para-hydroxylation sites is 1. The van der Waals surface area contributed by atoms with E-state index in [-0.39, 0.29) is 0 Å². The molecular formula is C20H24N6OS. The van der Waals surface area contributed by atoms with E-state index in [1.807, 2.05) is 42.5 Å². The van der Waals surface area contributed by atoms with Gasteiger partial charge in [-0.25, -0.2) is 4.68 Å². The first-order valence-corrected chi connectivity index (χ1v) is 9.79. The number of hydrogen-bond donors (Lipinski definition) is 0. The summed E-state index contributed by atoms with van der Waals surface area (Å²) in [6.07, 6.45) is 0. The van der Waals surface area contributed by atoms with Crippen LogP contribution in [0.5, 0.6) is 5.75 Å². The third-order valence-electron chi connectivity index (χ3n) is 5.00. The fourth-order valence-corrected chi connectivity index (χ4v) is 3.60. The van der Waals surface area contributed by atoms with Crippen LogP contribution in [0, 0.1) is 4.77 Å². The molecule has 0 amide bonds. The molecule has 1 saturated heterocycles. The molecule has 4 rings (SSSR count). The van der Waals surface area contributed by atoms with Crippen LogP contribution in [0.2, 0.25) is 0 Å². The Bertz CT molecular complexity index is 945. The molecule has 3 aromatic rings. The maximum absolute atomic E-state index is 5.56. The monoisotopic (exact) mass is 396 g/mol. The highest BCUT2D eigenvalue weighted by atomic mass is 32.1. The van der Waals surface area contributed by atoms with E-state index in [0.717, 1.165) is 44.2 Å². The predicted octanol–water partition coefficient (Wildman–Crippen LogP) is 2.58. The Morgan fingerprint density at radius 1 is 0.893 bits per heavy atom. The van der Waals surface area contributed by atoms with Crippen LogP contribution in [0.15, 0.2) is 54.6 Å². The molecule has 0 unspecified atom stereocenters. The van der Waals surface area contributed by atoms with Gasteiger partial charge in [0.1, 0.15) is 5.75 Å². The number of nitrogens with zero attached hydrogens (tertiary/aromatic N) is 6. The summed E-state index contributed by atoms with van der Waals surface area (Å²) < 4.78 is 9.34. The molecule has 0 spiro atoms. The van der Waals surface area contributed by atoms with Gasteiger partial charge in [0.15, 0.2) is 0 Å². The van der Waals surface area contributed by atoms with Crippen molar-refractivity contribution in [3.63, 3.8) is 0 Å². The first-order valence-electron chi connectivity index (χ1n) is 9.39. The lowest BCUT2D eigenvalue weighted by Gasteiger charge is -2.34. The van der Waals surface area contributed by atoms with Gasteiger partial charge in [-0.15, -0.1) is 0 Å². The van der Waals surface area contributed by atoms with Crippen LogP contribution in [0.3, 0.4) is 0 Å². The normalized spacial score (nSPS) is 15.6. The summed E-state index contributed by atoms with van der Waals surface area (Å²) in [5.41, 5.74) is 2.24. The Hall–Kier alpha value is -2.55. The highest BCUT2D eigenvalue weighted by Crippen LogP contribution is 2.14. The fourth-order valence-electron chi connectivity index (χ4n) is 3.36. The summed E-state index contributed by atoms with van der Waals surface area (Å²) in [4.78, 5) is 4.84. The summed E-state index contributed by atoms with van der Waals surface area (Å²) in [6.45, 7) is 5.63. The molecule has 28 heavy (non-hydrogen) atoms. The van der Waals surface area contributed by atoms with Crippen molar-refractivity contribution in [1.82, 2.24) is 29.6 Å². The molecular weight excluding hydrogens is 372 g/mol. The Balaban J connectivity index is 1.32. The molecule has 2 heterocycles. The summed E-state index contributed by atoms with van der Waals surface area (Å²) in [6, 6.07) is 18.2. The highest BCUT2D eigenvalue weighted by molar-refractivity contribution is 7.71. The maximum atomic E-state index is 5.56. The zero-order valence-electron chi connectivity index (χ0n) is 15.9. The van der Waals surface area contributed by atoms with Crippen LogP contribution >= 0.6 is 12.2 Å². The second-order valence-corrected chi connectivity index (χ2v) is 7.26. The van der Waals surface area contributed by atoms with Crippen molar-refractivity contribution in [2.75, 3.05) is 33.3 Å². The average molecular weight is 397 g/mol. The van der Waals surface area contributed by atoms with Crippen LogP contribution < -0.4 is 4.74 Å². The van der Waals surface area contributed by atoms with Crippen molar-refractivity contribution in [2.24, 2.45) is 0 Å². The zero-order chi connectivity index (χ0) is 19.3. The largest absolute Gasteiger partial charge is 0.497 e. The minimum absolute atomic E-state index is 0.617. The molecule has 8 heteroatoms. The van der Waals surface area contributed by atoms with Crippen molar-refractivity contribution >= 4 is 12.2 Å². The van der Waals surface area contributed by atoms with E-state index in [1.165, 1.54) is 5.56 Å². The lowest BCUT2D eigenvalue weighted by molar-refractivity contribution is 0.0975. The Morgan fingerprint density at radius 3 is 2.25 bits per heavy atom. The van der Waals surface area contributed by atoms with E-state index in [2.05, 4.69) is 32.4 Å². The lowest BCUT2D eigenvalue weighted by atomic mass is 10.2. The van der Waals surface area contributed by atoms with Crippen molar-refractivity contribution in [3.8, 4) is 11.4 Å². The SMILES string of the molecule is COc1ccc(CN2CCN(Cn3nnn(-c4ccccc4)c3=S)CC2)cc1. The molecule has 146 valence electrons. The predicted molar refractivity (Wildman–Crippen MR) is 110 cm³/mol. The smallest absolute Gasteiger partial charge is 0.221 e. The molecule has 1 aromatic heterocycles. The van der Waals surface area contributed by atoms with E-state index >= 15 is 0 Å². The number of rotatable bonds is 6. The molecule has 0 radical (unpaired) electrons. The fraction of sp³-hybridized carbons (Fsp3) is 0.350. The van der Waals surface area contributed by atoms with Gasteiger partial charge in [-0.3, -0.25) is 9.80 Å². The minimum Gasteiger partial charge on any atom is -0.497 e. The molecule has 0 N–H and O–H groups in total. The number of hydrogen-bond acceptors (Lipinski definition) is 6. The topological polar surface area (TPSA) is 51.4 Å². The van der Waals surface area contributed by atoms with Gasteiger partial charge in [0.25, 0.3) is 0 Å².